The Labute approximate surface area is 199 Å². The van der Waals surface area contributed by atoms with Crippen molar-refractivity contribution in [1.29, 1.82) is 0 Å². The van der Waals surface area contributed by atoms with Crippen LogP contribution >= 0.6 is 0 Å². The smallest absolute Gasteiger partial charge is 0.419 e. The standard InChI is InChI=1S/C27H30N2O5/c1-6-31-21-13-9-11-19-23(24-17(15-33-28-24)14-32-25(19)21)22-16(2)29(26(30)34-27(3,4)5)20-12-8-7-10-18(20)22/h7-13,17,23H,6,14-15H2,1-5H3/t17-,23-/m0/s1. The monoisotopic (exact) mass is 462 g/mol. The normalized spacial score (nSPS) is 19.4. The molecule has 2 aliphatic rings. The highest BCUT2D eigenvalue weighted by Gasteiger charge is 2.41. The summed E-state index contributed by atoms with van der Waals surface area (Å²) in [6, 6.07) is 13.9. The Kier molecular flexibility index (Phi) is 5.50. The van der Waals surface area contributed by atoms with E-state index in [1.807, 2.05) is 77.1 Å². The number of hydrogen-bond acceptors (Lipinski definition) is 6. The number of nitrogens with zero attached hydrogens (tertiary/aromatic N) is 2. The molecular weight excluding hydrogens is 432 g/mol. The van der Waals surface area contributed by atoms with Gasteiger partial charge in [0, 0.05) is 16.6 Å². The molecule has 7 nitrogen and oxygen atoms in total. The molecule has 3 heterocycles. The van der Waals surface area contributed by atoms with Crippen LogP contribution in [0.2, 0.25) is 0 Å². The molecule has 0 aliphatic carbocycles. The predicted molar refractivity (Wildman–Crippen MR) is 130 cm³/mol. The molecule has 5 rings (SSSR count). The van der Waals surface area contributed by atoms with Crippen molar-refractivity contribution in [3.05, 3.63) is 59.3 Å². The van der Waals surface area contributed by atoms with Crippen molar-refractivity contribution in [2.45, 2.75) is 46.1 Å². The molecule has 0 amide bonds. The first kappa shape index (κ1) is 22.3. The Morgan fingerprint density at radius 1 is 1.15 bits per heavy atom. The maximum Gasteiger partial charge on any atom is 0.419 e. The third kappa shape index (κ3) is 3.69. The van der Waals surface area contributed by atoms with Crippen LogP contribution in [-0.2, 0) is 9.57 Å². The van der Waals surface area contributed by atoms with Crippen LogP contribution in [0.3, 0.4) is 0 Å². The van der Waals surface area contributed by atoms with E-state index in [0.29, 0.717) is 25.6 Å². The van der Waals surface area contributed by atoms with Crippen LogP contribution in [-0.4, -0.2) is 41.8 Å². The summed E-state index contributed by atoms with van der Waals surface area (Å²) < 4.78 is 19.6. The average molecular weight is 463 g/mol. The number of carbonyl (C=O) groups excluding carboxylic acids is 1. The van der Waals surface area contributed by atoms with Gasteiger partial charge in [0.1, 0.15) is 18.8 Å². The number of para-hydroxylation sites is 2. The van der Waals surface area contributed by atoms with E-state index in [2.05, 4.69) is 5.16 Å². The molecule has 2 atom stereocenters. The fraction of sp³-hybridized carbons (Fsp3) is 0.407. The van der Waals surface area contributed by atoms with E-state index in [1.165, 1.54) is 0 Å². The van der Waals surface area contributed by atoms with Crippen molar-refractivity contribution >= 4 is 22.7 Å². The first-order valence-electron chi connectivity index (χ1n) is 11.7. The largest absolute Gasteiger partial charge is 0.490 e. The minimum absolute atomic E-state index is 0.00918. The summed E-state index contributed by atoms with van der Waals surface area (Å²) in [5.74, 6) is 1.19. The van der Waals surface area contributed by atoms with Gasteiger partial charge in [-0.25, -0.2) is 9.36 Å². The second-order valence-electron chi connectivity index (χ2n) is 9.69. The third-order valence-electron chi connectivity index (χ3n) is 6.23. The highest BCUT2D eigenvalue weighted by molar-refractivity contribution is 6.03. The summed E-state index contributed by atoms with van der Waals surface area (Å²) >= 11 is 0. The van der Waals surface area contributed by atoms with Crippen LogP contribution < -0.4 is 9.47 Å². The zero-order chi connectivity index (χ0) is 24.0. The Balaban J connectivity index is 1.77. The first-order valence-corrected chi connectivity index (χ1v) is 11.7. The fourth-order valence-electron chi connectivity index (χ4n) is 4.91. The molecule has 0 bridgehead atoms. The van der Waals surface area contributed by atoms with Gasteiger partial charge in [-0.1, -0.05) is 35.5 Å². The zero-order valence-corrected chi connectivity index (χ0v) is 20.3. The Hall–Kier alpha value is -3.48. The lowest BCUT2D eigenvalue weighted by Crippen LogP contribution is -2.28. The zero-order valence-electron chi connectivity index (χ0n) is 20.3. The molecule has 0 unspecified atom stereocenters. The van der Waals surface area contributed by atoms with E-state index in [4.69, 9.17) is 19.0 Å². The number of aromatic nitrogens is 1. The number of oxime groups is 1. The van der Waals surface area contributed by atoms with Gasteiger partial charge in [0.15, 0.2) is 11.5 Å². The molecular formula is C27H30N2O5. The van der Waals surface area contributed by atoms with Crippen molar-refractivity contribution in [1.82, 2.24) is 4.57 Å². The van der Waals surface area contributed by atoms with Crippen LogP contribution in [0.25, 0.3) is 10.9 Å². The molecule has 0 N–H and O–H groups in total. The summed E-state index contributed by atoms with van der Waals surface area (Å²) in [6.45, 7) is 11.0. The second kappa shape index (κ2) is 8.38. The van der Waals surface area contributed by atoms with Gasteiger partial charge in [-0.2, -0.15) is 0 Å². The van der Waals surface area contributed by atoms with E-state index < -0.39 is 11.7 Å². The van der Waals surface area contributed by atoms with E-state index in [1.54, 1.807) is 4.57 Å². The Morgan fingerprint density at radius 2 is 1.94 bits per heavy atom. The van der Waals surface area contributed by atoms with Gasteiger partial charge in [-0.05, 0) is 52.3 Å². The van der Waals surface area contributed by atoms with Gasteiger partial charge in [-0.3, -0.25) is 0 Å². The highest BCUT2D eigenvalue weighted by atomic mass is 16.6. The van der Waals surface area contributed by atoms with Crippen LogP contribution in [0.1, 0.15) is 50.4 Å². The minimum atomic E-state index is -0.612. The molecule has 0 spiro atoms. The number of hydrogen-bond donors (Lipinski definition) is 0. The van der Waals surface area contributed by atoms with Gasteiger partial charge in [0.25, 0.3) is 0 Å². The molecule has 7 heteroatoms. The summed E-state index contributed by atoms with van der Waals surface area (Å²) in [6.07, 6.45) is -0.401. The summed E-state index contributed by atoms with van der Waals surface area (Å²) in [5.41, 5.74) is 3.85. The SMILES string of the molecule is CCOc1cccc2c1OC[C@H]1CON=C1[C@@H]2c1c(C)n(C(=O)OC(C)(C)C)c2ccccc12. The maximum absolute atomic E-state index is 13.3. The Morgan fingerprint density at radius 3 is 2.71 bits per heavy atom. The molecule has 34 heavy (non-hydrogen) atoms. The number of ether oxygens (including phenoxy) is 3. The predicted octanol–water partition coefficient (Wildman–Crippen LogP) is 5.66. The van der Waals surface area contributed by atoms with E-state index in [9.17, 15) is 4.79 Å². The molecule has 1 aromatic heterocycles. The van der Waals surface area contributed by atoms with Gasteiger partial charge in [0.05, 0.1) is 29.7 Å². The van der Waals surface area contributed by atoms with Crippen molar-refractivity contribution in [2.24, 2.45) is 11.1 Å². The molecule has 0 fully saturated rings. The maximum atomic E-state index is 13.3. The number of benzene rings is 2. The quantitative estimate of drug-likeness (QED) is 0.502. The van der Waals surface area contributed by atoms with Gasteiger partial charge in [-0.15, -0.1) is 0 Å². The molecule has 0 saturated carbocycles. The summed E-state index contributed by atoms with van der Waals surface area (Å²) in [4.78, 5) is 18.9. The topological polar surface area (TPSA) is 71.3 Å². The Bertz CT molecular complexity index is 1280. The number of carbonyl (C=O) groups is 1. The lowest BCUT2D eigenvalue weighted by molar-refractivity contribution is 0.0541. The van der Waals surface area contributed by atoms with E-state index >= 15 is 0 Å². The second-order valence-corrected chi connectivity index (χ2v) is 9.69. The molecule has 2 aliphatic heterocycles. The lowest BCUT2D eigenvalue weighted by atomic mass is 9.81. The fourth-order valence-corrected chi connectivity index (χ4v) is 4.91. The van der Waals surface area contributed by atoms with Gasteiger partial charge >= 0.3 is 6.09 Å². The van der Waals surface area contributed by atoms with Crippen molar-refractivity contribution in [3.8, 4) is 11.5 Å². The summed E-state index contributed by atoms with van der Waals surface area (Å²) in [7, 11) is 0. The molecule has 0 radical (unpaired) electrons. The molecule has 2 aromatic carbocycles. The van der Waals surface area contributed by atoms with Crippen molar-refractivity contribution in [3.63, 3.8) is 0 Å². The highest BCUT2D eigenvalue weighted by Crippen LogP contribution is 2.47. The minimum Gasteiger partial charge on any atom is -0.490 e. The van der Waals surface area contributed by atoms with Crippen LogP contribution in [0, 0.1) is 12.8 Å². The van der Waals surface area contributed by atoms with Crippen LogP contribution in [0.4, 0.5) is 4.79 Å². The van der Waals surface area contributed by atoms with Crippen LogP contribution in [0.5, 0.6) is 11.5 Å². The first-order chi connectivity index (χ1) is 16.3. The molecule has 3 aromatic rings. The molecule has 178 valence electrons. The molecule has 0 saturated heterocycles. The van der Waals surface area contributed by atoms with Gasteiger partial charge in [0.2, 0.25) is 0 Å². The average Bonchev–Trinajstić information content (AvgIpc) is 3.31. The number of fused-ring (bicyclic) bond motifs is 3. The van der Waals surface area contributed by atoms with Crippen LogP contribution in [0.15, 0.2) is 47.6 Å². The lowest BCUT2D eigenvalue weighted by Gasteiger charge is -2.22. The van der Waals surface area contributed by atoms with E-state index in [0.717, 1.165) is 39.2 Å². The number of rotatable bonds is 3. The van der Waals surface area contributed by atoms with E-state index in [-0.39, 0.29) is 11.8 Å². The van der Waals surface area contributed by atoms with Crippen molar-refractivity contribution < 1.29 is 23.8 Å². The third-order valence-corrected chi connectivity index (χ3v) is 6.23. The van der Waals surface area contributed by atoms with Gasteiger partial charge < -0.3 is 19.0 Å². The summed E-state index contributed by atoms with van der Waals surface area (Å²) in [5, 5.41) is 5.45. The van der Waals surface area contributed by atoms with Crippen molar-refractivity contribution in [2.75, 3.05) is 19.8 Å².